The SMILES string of the molecule is O=C(c1cccc(OC(F)F)c1)N(CC1CCCO1)c1nc2ccccc2s1. The molecule has 0 bridgehead atoms. The van der Waals surface area contributed by atoms with Crippen molar-refractivity contribution in [3.05, 3.63) is 54.1 Å². The molecule has 1 saturated heterocycles. The van der Waals surface area contributed by atoms with Gasteiger partial charge in [-0.05, 0) is 43.2 Å². The highest BCUT2D eigenvalue weighted by Gasteiger charge is 2.27. The molecule has 8 heteroatoms. The normalized spacial score (nSPS) is 16.6. The van der Waals surface area contributed by atoms with Crippen LogP contribution in [0.3, 0.4) is 0 Å². The van der Waals surface area contributed by atoms with Crippen LogP contribution in [0.25, 0.3) is 10.2 Å². The number of rotatable bonds is 6. The van der Waals surface area contributed by atoms with Crippen molar-refractivity contribution in [2.45, 2.75) is 25.6 Å². The molecule has 0 saturated carbocycles. The number of hydrogen-bond acceptors (Lipinski definition) is 5. The number of benzene rings is 2. The van der Waals surface area contributed by atoms with Crippen molar-refractivity contribution in [2.24, 2.45) is 0 Å². The molecule has 1 aromatic heterocycles. The molecule has 1 atom stereocenters. The van der Waals surface area contributed by atoms with E-state index in [-0.39, 0.29) is 23.3 Å². The van der Waals surface area contributed by atoms with Crippen molar-refractivity contribution in [3.8, 4) is 5.75 Å². The van der Waals surface area contributed by atoms with Gasteiger partial charge in [0.15, 0.2) is 5.13 Å². The van der Waals surface area contributed by atoms with E-state index in [1.165, 1.54) is 29.5 Å². The summed E-state index contributed by atoms with van der Waals surface area (Å²) in [7, 11) is 0. The van der Waals surface area contributed by atoms with Crippen molar-refractivity contribution in [2.75, 3.05) is 18.1 Å². The first-order chi connectivity index (χ1) is 13.6. The zero-order chi connectivity index (χ0) is 19.5. The fraction of sp³-hybridized carbons (Fsp3) is 0.300. The van der Waals surface area contributed by atoms with E-state index in [1.807, 2.05) is 24.3 Å². The maximum atomic E-state index is 13.2. The molecule has 1 aliphatic heterocycles. The summed E-state index contributed by atoms with van der Waals surface area (Å²) in [6, 6.07) is 13.5. The van der Waals surface area contributed by atoms with Crippen LogP contribution in [-0.4, -0.2) is 36.8 Å². The molecule has 0 N–H and O–H groups in total. The molecule has 1 aliphatic rings. The van der Waals surface area contributed by atoms with Crippen LogP contribution >= 0.6 is 11.3 Å². The summed E-state index contributed by atoms with van der Waals surface area (Å²) >= 11 is 1.41. The number of carbonyl (C=O) groups is 1. The minimum absolute atomic E-state index is 0.0535. The maximum absolute atomic E-state index is 13.2. The molecular formula is C20H18F2N2O3S. The summed E-state index contributed by atoms with van der Waals surface area (Å²) < 4.78 is 36.1. The lowest BCUT2D eigenvalue weighted by molar-refractivity contribution is -0.0498. The molecule has 2 aromatic carbocycles. The quantitative estimate of drug-likeness (QED) is 0.596. The molecule has 2 heterocycles. The van der Waals surface area contributed by atoms with Gasteiger partial charge in [0.1, 0.15) is 5.75 Å². The van der Waals surface area contributed by atoms with E-state index in [1.54, 1.807) is 11.0 Å². The van der Waals surface area contributed by atoms with Crippen LogP contribution < -0.4 is 9.64 Å². The molecule has 3 aromatic rings. The highest BCUT2D eigenvalue weighted by molar-refractivity contribution is 7.22. The summed E-state index contributed by atoms with van der Waals surface area (Å²) in [6.07, 6.45) is 1.74. The van der Waals surface area contributed by atoms with Crippen molar-refractivity contribution < 1.29 is 23.0 Å². The van der Waals surface area contributed by atoms with E-state index < -0.39 is 6.61 Å². The summed E-state index contributed by atoms with van der Waals surface area (Å²) in [4.78, 5) is 19.4. The third-order valence-corrected chi connectivity index (χ3v) is 5.53. The van der Waals surface area contributed by atoms with Gasteiger partial charge in [0, 0.05) is 12.2 Å². The van der Waals surface area contributed by atoms with Gasteiger partial charge in [-0.1, -0.05) is 29.5 Å². The molecule has 0 aliphatic carbocycles. The first kappa shape index (κ1) is 18.8. The molecular weight excluding hydrogens is 386 g/mol. The number of hydrogen-bond donors (Lipinski definition) is 0. The van der Waals surface area contributed by atoms with Crippen LogP contribution in [0.1, 0.15) is 23.2 Å². The van der Waals surface area contributed by atoms with E-state index in [4.69, 9.17) is 4.74 Å². The standard InChI is InChI=1S/C20H18F2N2O3S/c21-19(22)27-14-6-3-5-13(11-14)18(25)24(12-15-7-4-10-26-15)20-23-16-8-1-2-9-17(16)28-20/h1-3,5-6,8-9,11,15,19H,4,7,10,12H2. The number of amides is 1. The van der Waals surface area contributed by atoms with E-state index in [0.717, 1.165) is 23.1 Å². The minimum atomic E-state index is -2.95. The molecule has 0 radical (unpaired) electrons. The number of carbonyl (C=O) groups excluding carboxylic acids is 1. The molecule has 1 unspecified atom stereocenters. The zero-order valence-electron chi connectivity index (χ0n) is 14.9. The average molecular weight is 404 g/mol. The molecule has 1 fully saturated rings. The molecule has 28 heavy (non-hydrogen) atoms. The number of para-hydroxylation sites is 1. The van der Waals surface area contributed by atoms with E-state index in [9.17, 15) is 13.6 Å². The Hall–Kier alpha value is -2.58. The van der Waals surface area contributed by atoms with Gasteiger partial charge >= 0.3 is 6.61 Å². The van der Waals surface area contributed by atoms with Gasteiger partial charge in [-0.15, -0.1) is 0 Å². The summed E-state index contributed by atoms with van der Waals surface area (Å²) in [6.45, 7) is -1.92. The lowest BCUT2D eigenvalue weighted by Crippen LogP contribution is -2.37. The van der Waals surface area contributed by atoms with E-state index in [0.29, 0.717) is 18.3 Å². The monoisotopic (exact) mass is 404 g/mol. The molecule has 4 rings (SSSR count). The Bertz CT molecular complexity index is 940. The first-order valence-electron chi connectivity index (χ1n) is 8.94. The fourth-order valence-electron chi connectivity index (χ4n) is 3.18. The lowest BCUT2D eigenvalue weighted by atomic mass is 10.1. The Balaban J connectivity index is 1.67. The van der Waals surface area contributed by atoms with E-state index >= 15 is 0 Å². The Labute approximate surface area is 164 Å². The number of halogens is 2. The van der Waals surface area contributed by atoms with E-state index in [2.05, 4.69) is 9.72 Å². The van der Waals surface area contributed by atoms with Crippen molar-refractivity contribution in [3.63, 3.8) is 0 Å². The maximum Gasteiger partial charge on any atom is 0.387 e. The lowest BCUT2D eigenvalue weighted by Gasteiger charge is -2.23. The van der Waals surface area contributed by atoms with Gasteiger partial charge in [-0.2, -0.15) is 8.78 Å². The van der Waals surface area contributed by atoms with Crippen molar-refractivity contribution >= 4 is 32.6 Å². The summed E-state index contributed by atoms with van der Waals surface area (Å²) in [5.41, 5.74) is 1.07. The molecule has 1 amide bonds. The topological polar surface area (TPSA) is 51.7 Å². The average Bonchev–Trinajstić information content (AvgIpc) is 3.34. The largest absolute Gasteiger partial charge is 0.435 e. The first-order valence-corrected chi connectivity index (χ1v) is 9.76. The van der Waals surface area contributed by atoms with Gasteiger partial charge in [-0.3, -0.25) is 9.69 Å². The second-order valence-corrected chi connectivity index (χ2v) is 7.43. The predicted octanol–water partition coefficient (Wildman–Crippen LogP) is 4.72. The summed E-state index contributed by atoms with van der Waals surface area (Å²) in [5, 5.41) is 0.557. The third-order valence-electron chi connectivity index (χ3n) is 4.48. The molecule has 0 spiro atoms. The van der Waals surface area contributed by atoms with Crippen molar-refractivity contribution in [1.29, 1.82) is 0 Å². The Morgan fingerprint density at radius 3 is 2.89 bits per heavy atom. The number of ether oxygens (including phenoxy) is 2. The van der Waals surface area contributed by atoms with Gasteiger partial charge in [-0.25, -0.2) is 4.98 Å². The molecule has 146 valence electrons. The Kier molecular flexibility index (Phi) is 5.50. The summed E-state index contributed by atoms with van der Waals surface area (Å²) in [5.74, 6) is -0.378. The number of anilines is 1. The second kappa shape index (κ2) is 8.20. The number of aromatic nitrogens is 1. The van der Waals surface area contributed by atoms with Crippen LogP contribution in [0.2, 0.25) is 0 Å². The fourth-order valence-corrected chi connectivity index (χ4v) is 4.15. The number of fused-ring (bicyclic) bond motifs is 1. The van der Waals surface area contributed by atoms with Crippen LogP contribution in [-0.2, 0) is 4.74 Å². The van der Waals surface area contributed by atoms with Gasteiger partial charge in [0.2, 0.25) is 0 Å². The molecule has 5 nitrogen and oxygen atoms in total. The van der Waals surface area contributed by atoms with Crippen LogP contribution in [0.15, 0.2) is 48.5 Å². The van der Waals surface area contributed by atoms with Crippen LogP contribution in [0, 0.1) is 0 Å². The second-order valence-electron chi connectivity index (χ2n) is 6.42. The minimum Gasteiger partial charge on any atom is -0.435 e. The predicted molar refractivity (Wildman–Crippen MR) is 103 cm³/mol. The number of alkyl halides is 2. The van der Waals surface area contributed by atoms with Crippen molar-refractivity contribution in [1.82, 2.24) is 4.98 Å². The van der Waals surface area contributed by atoms with Crippen LogP contribution in [0.4, 0.5) is 13.9 Å². The van der Waals surface area contributed by atoms with Gasteiger partial charge < -0.3 is 9.47 Å². The number of thiazole rings is 1. The number of nitrogens with zero attached hydrogens (tertiary/aromatic N) is 2. The van der Waals surface area contributed by atoms with Gasteiger partial charge in [0.05, 0.1) is 22.9 Å². The van der Waals surface area contributed by atoms with Crippen LogP contribution in [0.5, 0.6) is 5.75 Å². The third kappa shape index (κ3) is 4.13. The Morgan fingerprint density at radius 1 is 1.29 bits per heavy atom. The Morgan fingerprint density at radius 2 is 2.14 bits per heavy atom. The van der Waals surface area contributed by atoms with Gasteiger partial charge in [0.25, 0.3) is 5.91 Å². The smallest absolute Gasteiger partial charge is 0.387 e. The highest BCUT2D eigenvalue weighted by Crippen LogP contribution is 2.31. The highest BCUT2D eigenvalue weighted by atomic mass is 32.1. The zero-order valence-corrected chi connectivity index (χ0v) is 15.7.